The molecule has 1 aromatic carbocycles. The number of aromatic nitrogens is 1. The van der Waals surface area contributed by atoms with Crippen LogP contribution in [0.5, 0.6) is 0 Å². The molecule has 1 aromatic heterocycles. The van der Waals surface area contributed by atoms with Crippen LogP contribution in [0.2, 0.25) is 0 Å². The van der Waals surface area contributed by atoms with E-state index in [4.69, 9.17) is 10.6 Å². The van der Waals surface area contributed by atoms with E-state index in [1.54, 1.807) is 0 Å². The number of nitrogens with zero attached hydrogens (tertiary/aromatic N) is 1. The minimum Gasteiger partial charge on any atom is -0.378 e. The highest BCUT2D eigenvalue weighted by atomic mass is 16.5. The number of hydrazine groups is 1. The number of benzene rings is 1. The SMILES string of the molecule is NNC(CC1CCCCO1)c1ccc2cccnc2c1. The van der Waals surface area contributed by atoms with Crippen LogP contribution < -0.4 is 11.3 Å². The Morgan fingerprint density at radius 1 is 1.35 bits per heavy atom. The fourth-order valence-electron chi connectivity index (χ4n) is 2.86. The van der Waals surface area contributed by atoms with Crippen molar-refractivity contribution in [2.75, 3.05) is 6.61 Å². The number of rotatable bonds is 4. The number of fused-ring (bicyclic) bond motifs is 1. The normalized spacial score (nSPS) is 20.9. The molecule has 20 heavy (non-hydrogen) atoms. The summed E-state index contributed by atoms with van der Waals surface area (Å²) in [5, 5.41) is 1.15. The van der Waals surface area contributed by atoms with E-state index in [1.807, 2.05) is 12.3 Å². The molecule has 0 saturated carbocycles. The lowest BCUT2D eigenvalue weighted by Crippen LogP contribution is -2.32. The Bertz CT molecular complexity index is 566. The van der Waals surface area contributed by atoms with E-state index in [-0.39, 0.29) is 6.04 Å². The number of hydrogen-bond donors (Lipinski definition) is 2. The summed E-state index contributed by atoms with van der Waals surface area (Å²) in [7, 11) is 0. The molecule has 0 amide bonds. The second kappa shape index (κ2) is 6.31. The van der Waals surface area contributed by atoms with Gasteiger partial charge in [0.25, 0.3) is 0 Å². The van der Waals surface area contributed by atoms with Gasteiger partial charge in [0.1, 0.15) is 0 Å². The van der Waals surface area contributed by atoms with Gasteiger partial charge in [0.05, 0.1) is 11.6 Å². The summed E-state index contributed by atoms with van der Waals surface area (Å²) in [5.74, 6) is 5.74. The molecule has 0 bridgehead atoms. The zero-order valence-corrected chi connectivity index (χ0v) is 11.6. The fourth-order valence-corrected chi connectivity index (χ4v) is 2.86. The predicted molar refractivity (Wildman–Crippen MR) is 80.0 cm³/mol. The summed E-state index contributed by atoms with van der Waals surface area (Å²) < 4.78 is 5.81. The number of hydrogen-bond acceptors (Lipinski definition) is 4. The van der Waals surface area contributed by atoms with Gasteiger partial charge in [-0.05, 0) is 43.4 Å². The van der Waals surface area contributed by atoms with Crippen LogP contribution >= 0.6 is 0 Å². The van der Waals surface area contributed by atoms with Crippen molar-refractivity contribution >= 4 is 10.9 Å². The summed E-state index contributed by atoms with van der Waals surface area (Å²) in [6.07, 6.45) is 6.60. The molecule has 2 heterocycles. The predicted octanol–water partition coefficient (Wildman–Crippen LogP) is 2.70. The lowest BCUT2D eigenvalue weighted by molar-refractivity contribution is 0.00503. The minimum atomic E-state index is 0.115. The van der Waals surface area contributed by atoms with Crippen molar-refractivity contribution in [3.8, 4) is 0 Å². The lowest BCUT2D eigenvalue weighted by Gasteiger charge is -2.27. The minimum absolute atomic E-state index is 0.115. The van der Waals surface area contributed by atoms with E-state index in [2.05, 4.69) is 34.7 Å². The Labute approximate surface area is 119 Å². The molecule has 4 heteroatoms. The molecule has 0 spiro atoms. The Balaban J connectivity index is 1.79. The summed E-state index contributed by atoms with van der Waals surface area (Å²) in [6.45, 7) is 0.876. The zero-order valence-electron chi connectivity index (χ0n) is 11.6. The molecule has 1 fully saturated rings. The van der Waals surface area contributed by atoms with E-state index in [9.17, 15) is 0 Å². The van der Waals surface area contributed by atoms with Gasteiger partial charge in [-0.15, -0.1) is 0 Å². The maximum atomic E-state index is 5.81. The molecule has 1 aliphatic heterocycles. The van der Waals surface area contributed by atoms with Crippen LogP contribution in [0, 0.1) is 0 Å². The highest BCUT2D eigenvalue weighted by molar-refractivity contribution is 5.78. The van der Waals surface area contributed by atoms with Crippen LogP contribution in [0.3, 0.4) is 0 Å². The zero-order chi connectivity index (χ0) is 13.8. The molecular formula is C16H21N3O. The Kier molecular flexibility index (Phi) is 4.25. The highest BCUT2D eigenvalue weighted by Gasteiger charge is 2.20. The Morgan fingerprint density at radius 3 is 3.10 bits per heavy atom. The molecule has 2 aromatic rings. The first-order valence-electron chi connectivity index (χ1n) is 7.29. The second-order valence-electron chi connectivity index (χ2n) is 5.40. The first-order chi connectivity index (χ1) is 9.86. The molecule has 0 aliphatic carbocycles. The van der Waals surface area contributed by atoms with Gasteiger partial charge in [-0.25, -0.2) is 0 Å². The Hall–Kier alpha value is -1.49. The molecule has 4 nitrogen and oxygen atoms in total. The van der Waals surface area contributed by atoms with E-state index in [0.29, 0.717) is 6.10 Å². The van der Waals surface area contributed by atoms with Gasteiger partial charge in [0.15, 0.2) is 0 Å². The van der Waals surface area contributed by atoms with Crippen LogP contribution in [-0.2, 0) is 4.74 Å². The number of nitrogens with two attached hydrogens (primary N) is 1. The van der Waals surface area contributed by atoms with Crippen LogP contribution in [0.25, 0.3) is 10.9 Å². The largest absolute Gasteiger partial charge is 0.378 e. The molecule has 3 N–H and O–H groups in total. The Morgan fingerprint density at radius 2 is 2.30 bits per heavy atom. The van der Waals surface area contributed by atoms with Crippen LogP contribution in [0.15, 0.2) is 36.5 Å². The summed E-state index contributed by atoms with van der Waals surface area (Å²) in [4.78, 5) is 4.41. The van der Waals surface area contributed by atoms with Crippen molar-refractivity contribution in [3.05, 3.63) is 42.1 Å². The molecule has 3 rings (SSSR count). The number of nitrogens with one attached hydrogen (secondary N) is 1. The van der Waals surface area contributed by atoms with E-state index in [0.717, 1.165) is 30.4 Å². The smallest absolute Gasteiger partial charge is 0.0705 e. The first-order valence-corrected chi connectivity index (χ1v) is 7.29. The van der Waals surface area contributed by atoms with Gasteiger partial charge in [-0.1, -0.05) is 18.2 Å². The van der Waals surface area contributed by atoms with E-state index in [1.165, 1.54) is 18.4 Å². The standard InChI is InChI=1S/C16H21N3O/c17-19-16(11-14-5-1-2-9-20-14)13-7-6-12-4-3-8-18-15(12)10-13/h3-4,6-8,10,14,16,19H,1-2,5,9,11,17H2. The van der Waals surface area contributed by atoms with E-state index < -0.39 is 0 Å². The topological polar surface area (TPSA) is 60.2 Å². The van der Waals surface area contributed by atoms with Crippen LogP contribution in [-0.4, -0.2) is 17.7 Å². The maximum Gasteiger partial charge on any atom is 0.0705 e. The third-order valence-electron chi connectivity index (χ3n) is 4.01. The number of pyridine rings is 1. The van der Waals surface area contributed by atoms with Gasteiger partial charge in [-0.2, -0.15) is 0 Å². The van der Waals surface area contributed by atoms with Crippen molar-refractivity contribution in [2.45, 2.75) is 37.8 Å². The summed E-state index contributed by atoms with van der Waals surface area (Å²) in [5.41, 5.74) is 5.11. The van der Waals surface area contributed by atoms with Gasteiger partial charge < -0.3 is 4.74 Å². The molecular weight excluding hydrogens is 250 g/mol. The highest BCUT2D eigenvalue weighted by Crippen LogP contribution is 2.26. The lowest BCUT2D eigenvalue weighted by atomic mass is 9.96. The third kappa shape index (κ3) is 2.98. The van der Waals surface area contributed by atoms with Crippen molar-refractivity contribution in [2.24, 2.45) is 5.84 Å². The van der Waals surface area contributed by atoms with Gasteiger partial charge in [-0.3, -0.25) is 16.3 Å². The average molecular weight is 271 g/mol. The van der Waals surface area contributed by atoms with Crippen LogP contribution in [0.1, 0.15) is 37.3 Å². The monoisotopic (exact) mass is 271 g/mol. The average Bonchev–Trinajstić information content (AvgIpc) is 2.53. The number of ether oxygens (including phenoxy) is 1. The maximum absolute atomic E-state index is 5.81. The third-order valence-corrected chi connectivity index (χ3v) is 4.01. The molecule has 2 atom stereocenters. The molecule has 106 valence electrons. The molecule has 2 unspecified atom stereocenters. The van der Waals surface area contributed by atoms with Crippen molar-refractivity contribution in [1.82, 2.24) is 10.4 Å². The van der Waals surface area contributed by atoms with Crippen molar-refractivity contribution in [1.29, 1.82) is 0 Å². The van der Waals surface area contributed by atoms with E-state index >= 15 is 0 Å². The summed E-state index contributed by atoms with van der Waals surface area (Å²) >= 11 is 0. The van der Waals surface area contributed by atoms with Gasteiger partial charge >= 0.3 is 0 Å². The molecule has 1 aliphatic rings. The first kappa shape index (κ1) is 13.5. The van der Waals surface area contributed by atoms with Crippen molar-refractivity contribution < 1.29 is 4.74 Å². The van der Waals surface area contributed by atoms with Crippen LogP contribution in [0.4, 0.5) is 0 Å². The summed E-state index contributed by atoms with van der Waals surface area (Å²) in [6, 6.07) is 10.5. The van der Waals surface area contributed by atoms with Gasteiger partial charge in [0.2, 0.25) is 0 Å². The molecule has 1 saturated heterocycles. The second-order valence-corrected chi connectivity index (χ2v) is 5.40. The van der Waals surface area contributed by atoms with Crippen molar-refractivity contribution in [3.63, 3.8) is 0 Å². The molecule has 0 radical (unpaired) electrons. The van der Waals surface area contributed by atoms with Gasteiger partial charge in [0, 0.05) is 24.2 Å². The fraction of sp³-hybridized carbons (Fsp3) is 0.438. The quantitative estimate of drug-likeness (QED) is 0.663.